The van der Waals surface area contributed by atoms with E-state index in [1.54, 1.807) is 19.1 Å². The molecule has 0 radical (unpaired) electrons. The summed E-state index contributed by atoms with van der Waals surface area (Å²) in [5.74, 6) is -0.408. The molecule has 2 N–H and O–H groups in total. The van der Waals surface area contributed by atoms with Crippen molar-refractivity contribution in [1.82, 2.24) is 5.32 Å². The fourth-order valence-corrected chi connectivity index (χ4v) is 3.72. The van der Waals surface area contributed by atoms with Gasteiger partial charge in [0.25, 0.3) is 15.9 Å². The van der Waals surface area contributed by atoms with Crippen molar-refractivity contribution in [1.29, 1.82) is 0 Å². The molecule has 0 spiro atoms. The van der Waals surface area contributed by atoms with Gasteiger partial charge in [0.1, 0.15) is 0 Å². The summed E-state index contributed by atoms with van der Waals surface area (Å²) in [5.41, 5.74) is 1.77. The van der Waals surface area contributed by atoms with Crippen molar-refractivity contribution in [3.63, 3.8) is 0 Å². The van der Waals surface area contributed by atoms with Crippen molar-refractivity contribution >= 4 is 33.2 Å². The summed E-state index contributed by atoms with van der Waals surface area (Å²) in [5, 5.41) is 2.82. The molecule has 140 valence electrons. The molecule has 0 fully saturated rings. The molecule has 0 aliphatic rings. The molecule has 0 unspecified atom stereocenters. The van der Waals surface area contributed by atoms with Gasteiger partial charge in [0.2, 0.25) is 0 Å². The summed E-state index contributed by atoms with van der Waals surface area (Å²) >= 11 is 6.02. The van der Waals surface area contributed by atoms with Crippen LogP contribution in [0.2, 0.25) is 5.02 Å². The van der Waals surface area contributed by atoms with E-state index in [0.717, 1.165) is 19.3 Å². The van der Waals surface area contributed by atoms with Crippen molar-refractivity contribution in [3.8, 4) is 0 Å². The fourth-order valence-electron chi connectivity index (χ4n) is 2.44. The lowest BCUT2D eigenvalue weighted by atomic mass is 10.1. The minimum atomic E-state index is -3.82. The molecule has 1 amide bonds. The zero-order valence-corrected chi connectivity index (χ0v) is 16.5. The van der Waals surface area contributed by atoms with Crippen LogP contribution in [0.15, 0.2) is 47.4 Å². The molecular weight excluding hydrogens is 372 g/mol. The molecule has 0 aliphatic carbocycles. The van der Waals surface area contributed by atoms with E-state index in [-0.39, 0.29) is 15.5 Å². The van der Waals surface area contributed by atoms with Crippen LogP contribution in [0.5, 0.6) is 0 Å². The lowest BCUT2D eigenvalue weighted by molar-refractivity contribution is 0.0956. The number of sulfonamides is 1. The summed E-state index contributed by atoms with van der Waals surface area (Å²) in [6.07, 6.45) is 3.17. The number of amides is 1. The number of halogens is 1. The number of rotatable bonds is 8. The van der Waals surface area contributed by atoms with Gasteiger partial charge in [-0.1, -0.05) is 37.1 Å². The molecule has 2 aromatic carbocycles. The van der Waals surface area contributed by atoms with Crippen LogP contribution in [0.3, 0.4) is 0 Å². The van der Waals surface area contributed by atoms with Crippen molar-refractivity contribution in [2.45, 2.75) is 38.0 Å². The Kier molecular flexibility index (Phi) is 7.06. The van der Waals surface area contributed by atoms with Gasteiger partial charge in [-0.3, -0.25) is 9.52 Å². The lowest BCUT2D eigenvalue weighted by Gasteiger charge is -2.11. The van der Waals surface area contributed by atoms with Gasteiger partial charge in [0, 0.05) is 12.2 Å². The van der Waals surface area contributed by atoms with Crippen LogP contribution in [-0.4, -0.2) is 20.9 Å². The SMILES string of the molecule is CCCCc1ccc(NS(=O)(=O)c2ccc(Cl)c(C(=O)NCC)c2)cc1. The Labute approximate surface area is 159 Å². The highest BCUT2D eigenvalue weighted by Gasteiger charge is 2.18. The van der Waals surface area contributed by atoms with Crippen LogP contribution >= 0.6 is 11.6 Å². The molecule has 0 aliphatic heterocycles. The summed E-state index contributed by atoms with van der Waals surface area (Å²) in [6, 6.07) is 11.4. The van der Waals surface area contributed by atoms with E-state index in [2.05, 4.69) is 17.0 Å². The largest absolute Gasteiger partial charge is 0.352 e. The van der Waals surface area contributed by atoms with Gasteiger partial charge >= 0.3 is 0 Å². The molecule has 0 saturated carbocycles. The van der Waals surface area contributed by atoms with Crippen LogP contribution in [0.1, 0.15) is 42.6 Å². The number of anilines is 1. The van der Waals surface area contributed by atoms with Crippen molar-refractivity contribution in [3.05, 3.63) is 58.6 Å². The first-order chi connectivity index (χ1) is 12.4. The van der Waals surface area contributed by atoms with Gasteiger partial charge in [0.05, 0.1) is 15.5 Å². The Morgan fingerprint density at radius 3 is 2.38 bits per heavy atom. The van der Waals surface area contributed by atoms with Crippen molar-refractivity contribution in [2.24, 2.45) is 0 Å². The number of hydrogen-bond acceptors (Lipinski definition) is 3. The normalized spacial score (nSPS) is 11.2. The average molecular weight is 395 g/mol. The van der Waals surface area contributed by atoms with E-state index in [0.29, 0.717) is 12.2 Å². The minimum Gasteiger partial charge on any atom is -0.352 e. The second kappa shape index (κ2) is 9.05. The summed E-state index contributed by atoms with van der Waals surface area (Å²) in [6.45, 7) is 4.33. The maximum atomic E-state index is 12.6. The smallest absolute Gasteiger partial charge is 0.261 e. The molecule has 26 heavy (non-hydrogen) atoms. The van der Waals surface area contributed by atoms with Crippen LogP contribution in [0, 0.1) is 0 Å². The Hall–Kier alpha value is -2.05. The third-order valence-corrected chi connectivity index (χ3v) is 5.56. The third kappa shape index (κ3) is 5.22. The van der Waals surface area contributed by atoms with E-state index in [4.69, 9.17) is 11.6 Å². The quantitative estimate of drug-likeness (QED) is 0.703. The van der Waals surface area contributed by atoms with Gasteiger partial charge in [-0.25, -0.2) is 8.42 Å². The zero-order valence-electron chi connectivity index (χ0n) is 14.9. The summed E-state index contributed by atoms with van der Waals surface area (Å²) < 4.78 is 27.8. The number of aryl methyl sites for hydroxylation is 1. The standard InChI is InChI=1S/C19H23ClN2O3S/c1-3-5-6-14-7-9-15(10-8-14)22-26(24,25)16-11-12-18(20)17(13-16)19(23)21-4-2/h7-13,22H,3-6H2,1-2H3,(H,21,23). The Morgan fingerprint density at radius 1 is 1.08 bits per heavy atom. The maximum Gasteiger partial charge on any atom is 0.261 e. The number of nitrogens with one attached hydrogen (secondary N) is 2. The van der Waals surface area contributed by atoms with E-state index in [9.17, 15) is 13.2 Å². The Bertz CT molecular complexity index is 865. The van der Waals surface area contributed by atoms with Gasteiger partial charge < -0.3 is 5.32 Å². The average Bonchev–Trinajstić information content (AvgIpc) is 2.61. The zero-order chi connectivity index (χ0) is 19.2. The van der Waals surface area contributed by atoms with Crippen molar-refractivity contribution in [2.75, 3.05) is 11.3 Å². The highest BCUT2D eigenvalue weighted by atomic mass is 35.5. The van der Waals surface area contributed by atoms with E-state index in [1.807, 2.05) is 12.1 Å². The molecule has 2 rings (SSSR count). The highest BCUT2D eigenvalue weighted by Crippen LogP contribution is 2.23. The van der Waals surface area contributed by atoms with Crippen LogP contribution < -0.4 is 10.0 Å². The number of unbranched alkanes of at least 4 members (excludes halogenated alkanes) is 1. The molecule has 0 saturated heterocycles. The lowest BCUT2D eigenvalue weighted by Crippen LogP contribution is -2.23. The number of hydrogen-bond donors (Lipinski definition) is 2. The third-order valence-electron chi connectivity index (χ3n) is 3.86. The van der Waals surface area contributed by atoms with Gasteiger partial charge in [-0.2, -0.15) is 0 Å². The molecule has 0 bridgehead atoms. The molecular formula is C19H23ClN2O3S. The molecule has 5 nitrogen and oxygen atoms in total. The van der Waals surface area contributed by atoms with E-state index >= 15 is 0 Å². The van der Waals surface area contributed by atoms with E-state index < -0.39 is 15.9 Å². The van der Waals surface area contributed by atoms with E-state index in [1.165, 1.54) is 23.8 Å². The number of carbonyl (C=O) groups excluding carboxylic acids is 1. The first-order valence-electron chi connectivity index (χ1n) is 8.57. The predicted molar refractivity (Wildman–Crippen MR) is 105 cm³/mol. The van der Waals surface area contributed by atoms with Crippen LogP contribution in [0.4, 0.5) is 5.69 Å². The maximum absolute atomic E-state index is 12.6. The Balaban J connectivity index is 2.22. The first-order valence-corrected chi connectivity index (χ1v) is 10.4. The van der Waals surface area contributed by atoms with Crippen LogP contribution in [0.25, 0.3) is 0 Å². The highest BCUT2D eigenvalue weighted by molar-refractivity contribution is 7.92. The minimum absolute atomic E-state index is 0.0155. The molecule has 0 atom stereocenters. The molecule has 0 heterocycles. The second-order valence-electron chi connectivity index (χ2n) is 5.91. The topological polar surface area (TPSA) is 75.3 Å². The van der Waals surface area contributed by atoms with Gasteiger partial charge in [-0.15, -0.1) is 0 Å². The number of benzene rings is 2. The fraction of sp³-hybridized carbons (Fsp3) is 0.316. The first kappa shape index (κ1) is 20.3. The van der Waals surface area contributed by atoms with Crippen molar-refractivity contribution < 1.29 is 13.2 Å². The summed E-state index contributed by atoms with van der Waals surface area (Å²) in [7, 11) is -3.82. The molecule has 2 aromatic rings. The summed E-state index contributed by atoms with van der Waals surface area (Å²) in [4.78, 5) is 12.0. The Morgan fingerprint density at radius 2 is 1.77 bits per heavy atom. The van der Waals surface area contributed by atoms with Gasteiger partial charge in [0.15, 0.2) is 0 Å². The monoisotopic (exact) mass is 394 g/mol. The predicted octanol–water partition coefficient (Wildman–Crippen LogP) is 4.23. The second-order valence-corrected chi connectivity index (χ2v) is 8.00. The van der Waals surface area contributed by atoms with Crippen LogP contribution in [-0.2, 0) is 16.4 Å². The molecule has 0 aromatic heterocycles. The molecule has 7 heteroatoms. The van der Waals surface area contributed by atoms with Gasteiger partial charge in [-0.05, 0) is 55.7 Å². The number of carbonyl (C=O) groups is 1.